The van der Waals surface area contributed by atoms with Gasteiger partial charge < -0.3 is 9.80 Å². The van der Waals surface area contributed by atoms with Crippen LogP contribution in [0.1, 0.15) is 25.0 Å². The average Bonchev–Trinajstić information content (AvgIpc) is 3.06. The molecule has 1 aliphatic carbocycles. The quantitative estimate of drug-likeness (QED) is 0.146. The average molecular weight is 723 g/mol. The number of anilines is 3. The van der Waals surface area contributed by atoms with Crippen molar-refractivity contribution in [2.45, 2.75) is 34.6 Å². The Hall–Kier alpha value is -4.57. The van der Waals surface area contributed by atoms with Crippen molar-refractivity contribution >= 4 is 53.0 Å². The Kier molecular flexibility index (Phi) is 10.3. The smallest absolute Gasteiger partial charge is 0.295 e. The van der Waals surface area contributed by atoms with Crippen LogP contribution < -0.4 is 9.80 Å². The van der Waals surface area contributed by atoms with Gasteiger partial charge in [0.25, 0.3) is 30.4 Å². The zero-order valence-corrected chi connectivity index (χ0v) is 28.9. The lowest BCUT2D eigenvalue weighted by Gasteiger charge is -2.31. The molecule has 0 aliphatic heterocycles. The van der Waals surface area contributed by atoms with E-state index in [1.165, 1.54) is 42.5 Å². The van der Waals surface area contributed by atoms with Gasteiger partial charge in [-0.05, 0) is 85.2 Å². The summed E-state index contributed by atoms with van der Waals surface area (Å²) >= 11 is 0. The lowest BCUT2D eigenvalue weighted by molar-refractivity contribution is 0.480. The molecule has 4 aromatic rings. The van der Waals surface area contributed by atoms with Gasteiger partial charge in [0.2, 0.25) is 0 Å². The zero-order valence-electron chi connectivity index (χ0n) is 26.4. The summed E-state index contributed by atoms with van der Waals surface area (Å²) in [6.07, 6.45) is 7.38. The number of rotatable bonds is 11. The van der Waals surface area contributed by atoms with Crippen molar-refractivity contribution < 1.29 is 38.9 Å². The van der Waals surface area contributed by atoms with E-state index in [1.54, 1.807) is 42.5 Å². The predicted molar refractivity (Wildman–Crippen MR) is 189 cm³/mol. The third kappa shape index (κ3) is 8.02. The monoisotopic (exact) mass is 722 g/mol. The van der Waals surface area contributed by atoms with Gasteiger partial charge in [-0.2, -0.15) is 25.3 Å². The highest BCUT2D eigenvalue weighted by Crippen LogP contribution is 2.37. The van der Waals surface area contributed by atoms with E-state index in [0.717, 1.165) is 0 Å². The molecule has 49 heavy (non-hydrogen) atoms. The standard InChI is InChI=1S/C35H34N2O9S3/c1-3-36(29-12-8-14-31(23-29)47(38,39)40)27-20-18-25(19-21-27)35(33-16-5-6-17-34(33)49(44,45)46)26-10-7-11-28(22-26)37(4-2)30-13-9-15-32(24-30)48(41,42)43/h5-24,27H,3-4H2,1-2H3,(H,38,39,40)(H,41,42,43)(H,44,45,46). The van der Waals surface area contributed by atoms with Gasteiger partial charge in [0.1, 0.15) is 4.90 Å². The number of allylic oxidation sites excluding steroid dienone is 3. The van der Waals surface area contributed by atoms with Gasteiger partial charge in [-0.3, -0.25) is 13.7 Å². The van der Waals surface area contributed by atoms with Crippen molar-refractivity contribution in [2.75, 3.05) is 22.9 Å². The fraction of sp³-hybridized carbons (Fsp3) is 0.143. The van der Waals surface area contributed by atoms with Crippen LogP contribution >= 0.6 is 0 Å². The van der Waals surface area contributed by atoms with Crippen LogP contribution in [0, 0.1) is 0 Å². The van der Waals surface area contributed by atoms with E-state index >= 15 is 0 Å². The minimum absolute atomic E-state index is 0.234. The number of hydrogen-bond acceptors (Lipinski definition) is 8. The number of nitrogens with zero attached hydrogens (tertiary/aromatic N) is 2. The van der Waals surface area contributed by atoms with Crippen LogP contribution in [-0.4, -0.2) is 58.0 Å². The highest BCUT2D eigenvalue weighted by Gasteiger charge is 2.24. The Morgan fingerprint density at radius 3 is 1.69 bits per heavy atom. The number of likely N-dealkylation sites (N-methyl/N-ethyl adjacent to an activating group) is 1. The topological polar surface area (TPSA) is 170 Å². The molecule has 0 unspecified atom stereocenters. The normalized spacial score (nSPS) is 14.9. The van der Waals surface area contributed by atoms with E-state index in [2.05, 4.69) is 0 Å². The highest BCUT2D eigenvalue weighted by molar-refractivity contribution is 7.86. The highest BCUT2D eigenvalue weighted by atomic mass is 32.2. The lowest BCUT2D eigenvalue weighted by Crippen LogP contribution is -2.33. The van der Waals surface area contributed by atoms with Crippen molar-refractivity contribution in [3.63, 3.8) is 0 Å². The summed E-state index contributed by atoms with van der Waals surface area (Å²) < 4.78 is 102. The van der Waals surface area contributed by atoms with Crippen molar-refractivity contribution in [1.29, 1.82) is 0 Å². The van der Waals surface area contributed by atoms with Crippen molar-refractivity contribution in [1.82, 2.24) is 0 Å². The maximum Gasteiger partial charge on any atom is 0.295 e. The van der Waals surface area contributed by atoms with Crippen LogP contribution in [0.3, 0.4) is 0 Å². The van der Waals surface area contributed by atoms with Crippen molar-refractivity contribution in [3.05, 3.63) is 138 Å². The molecule has 4 aromatic carbocycles. The first kappa shape index (κ1) is 35.7. The Morgan fingerprint density at radius 1 is 0.612 bits per heavy atom. The third-order valence-corrected chi connectivity index (χ3v) is 10.6. The first-order valence-corrected chi connectivity index (χ1v) is 19.4. The summed E-state index contributed by atoms with van der Waals surface area (Å²) in [7, 11) is -13.5. The summed E-state index contributed by atoms with van der Waals surface area (Å²) in [4.78, 5) is 2.96. The minimum atomic E-state index is -4.65. The third-order valence-electron chi connectivity index (χ3n) is 8.01. The van der Waals surface area contributed by atoms with Gasteiger partial charge in [-0.25, -0.2) is 0 Å². The van der Waals surface area contributed by atoms with Crippen LogP contribution in [0.2, 0.25) is 0 Å². The number of benzene rings is 4. The molecule has 1 aliphatic rings. The molecule has 0 spiro atoms. The van der Waals surface area contributed by atoms with Crippen LogP contribution in [-0.2, 0) is 30.4 Å². The molecule has 0 amide bonds. The second-order valence-electron chi connectivity index (χ2n) is 11.0. The second-order valence-corrected chi connectivity index (χ2v) is 15.3. The molecule has 0 atom stereocenters. The first-order chi connectivity index (χ1) is 23.1. The molecular formula is C35H34N2O9S3. The fourth-order valence-corrected chi connectivity index (χ4v) is 7.56. The van der Waals surface area contributed by atoms with E-state index in [9.17, 15) is 38.9 Å². The van der Waals surface area contributed by atoms with Gasteiger partial charge in [-0.1, -0.05) is 66.8 Å². The van der Waals surface area contributed by atoms with Crippen molar-refractivity contribution in [2.24, 2.45) is 0 Å². The first-order valence-electron chi connectivity index (χ1n) is 15.1. The van der Waals surface area contributed by atoms with Gasteiger partial charge in [-0.15, -0.1) is 0 Å². The molecule has 0 saturated carbocycles. The molecular weight excluding hydrogens is 689 g/mol. The summed E-state index contributed by atoms with van der Waals surface area (Å²) in [5.41, 5.74) is 3.65. The Morgan fingerprint density at radius 2 is 1.14 bits per heavy atom. The molecule has 3 N–H and O–H groups in total. The van der Waals surface area contributed by atoms with E-state index in [0.29, 0.717) is 46.9 Å². The lowest BCUT2D eigenvalue weighted by atomic mass is 9.89. The maximum absolute atomic E-state index is 12.6. The van der Waals surface area contributed by atoms with Gasteiger partial charge in [0.05, 0.1) is 15.8 Å². The summed E-state index contributed by atoms with van der Waals surface area (Å²) in [6, 6.07) is 24.8. The van der Waals surface area contributed by atoms with E-state index in [-0.39, 0.29) is 26.3 Å². The van der Waals surface area contributed by atoms with E-state index < -0.39 is 30.4 Å². The fourth-order valence-electron chi connectivity index (χ4n) is 5.82. The summed E-state index contributed by atoms with van der Waals surface area (Å²) in [5, 5.41) is 0. The maximum atomic E-state index is 12.6. The van der Waals surface area contributed by atoms with Crippen LogP contribution in [0.15, 0.2) is 142 Å². The van der Waals surface area contributed by atoms with Gasteiger partial charge in [0.15, 0.2) is 0 Å². The Bertz CT molecular complexity index is 2300. The predicted octanol–water partition coefficient (Wildman–Crippen LogP) is 6.41. The molecule has 14 heteroatoms. The molecule has 256 valence electrons. The van der Waals surface area contributed by atoms with Crippen molar-refractivity contribution in [3.8, 4) is 0 Å². The largest absolute Gasteiger partial charge is 0.362 e. The molecule has 0 heterocycles. The zero-order chi connectivity index (χ0) is 35.6. The minimum Gasteiger partial charge on any atom is -0.362 e. The van der Waals surface area contributed by atoms with Crippen LogP contribution in [0.5, 0.6) is 0 Å². The Labute approximate surface area is 286 Å². The van der Waals surface area contributed by atoms with Crippen LogP contribution in [0.25, 0.3) is 5.57 Å². The van der Waals surface area contributed by atoms with E-state index in [4.69, 9.17) is 0 Å². The number of hydrogen-bond donors (Lipinski definition) is 3. The Balaban J connectivity index is 1.64. The van der Waals surface area contributed by atoms with Crippen LogP contribution in [0.4, 0.5) is 17.1 Å². The van der Waals surface area contributed by atoms with E-state index in [1.807, 2.05) is 60.1 Å². The molecule has 5 rings (SSSR count). The van der Waals surface area contributed by atoms with Gasteiger partial charge in [0, 0.05) is 35.7 Å². The second kappa shape index (κ2) is 14.1. The molecule has 0 aromatic heterocycles. The molecule has 11 nitrogen and oxygen atoms in total. The molecule has 0 radical (unpaired) electrons. The molecule has 0 fully saturated rings. The molecule has 0 saturated heterocycles. The van der Waals surface area contributed by atoms with Gasteiger partial charge >= 0.3 is 0 Å². The summed E-state index contributed by atoms with van der Waals surface area (Å²) in [6.45, 7) is 4.67. The summed E-state index contributed by atoms with van der Waals surface area (Å²) in [5.74, 6) is 0. The molecule has 0 bridgehead atoms. The SMILES string of the molecule is CCN(c1cccc(C(=C2C=CC(N(CC)c3cccc(S(=O)(=O)O)c3)C=C2)c2ccccc2S(=O)(=O)O)c1)c1cccc(S(=O)(=O)O)c1.